The van der Waals surface area contributed by atoms with Gasteiger partial charge in [0.05, 0.1) is 17.8 Å². The molecular formula is C13H15ClFN5O. The molecule has 2 rings (SSSR count). The van der Waals surface area contributed by atoms with Crippen molar-refractivity contribution in [2.75, 3.05) is 24.3 Å². The number of ether oxygens (including phenoxy) is 1. The molecule has 0 aliphatic carbocycles. The van der Waals surface area contributed by atoms with Gasteiger partial charge in [-0.15, -0.1) is 0 Å². The summed E-state index contributed by atoms with van der Waals surface area (Å²) in [6.07, 6.45) is 0.923. The van der Waals surface area contributed by atoms with Crippen molar-refractivity contribution in [2.24, 2.45) is 0 Å². The molecule has 1 aromatic heterocycles. The standard InChI is InChI=1S/C13H15ClFN5O/c1-3-6-16-11-18-12(20-13(19-11)21-2)17-10-7-8(15)4-5-9(10)14/h4-5,7H,3,6H2,1-2H3,(H2,16,17,18,19,20). The van der Waals surface area contributed by atoms with Crippen LogP contribution < -0.4 is 15.4 Å². The fourth-order valence-electron chi connectivity index (χ4n) is 1.53. The highest BCUT2D eigenvalue weighted by molar-refractivity contribution is 6.33. The zero-order valence-corrected chi connectivity index (χ0v) is 12.4. The molecule has 21 heavy (non-hydrogen) atoms. The van der Waals surface area contributed by atoms with Crippen LogP contribution in [0, 0.1) is 5.82 Å². The molecule has 112 valence electrons. The highest BCUT2D eigenvalue weighted by atomic mass is 35.5. The minimum absolute atomic E-state index is 0.152. The number of nitrogens with zero attached hydrogens (tertiary/aromatic N) is 3. The van der Waals surface area contributed by atoms with Gasteiger partial charge in [-0.05, 0) is 24.6 Å². The van der Waals surface area contributed by atoms with Crippen molar-refractivity contribution in [1.29, 1.82) is 0 Å². The van der Waals surface area contributed by atoms with E-state index in [1.54, 1.807) is 0 Å². The van der Waals surface area contributed by atoms with Crippen LogP contribution in [0.2, 0.25) is 5.02 Å². The maximum absolute atomic E-state index is 13.3. The zero-order chi connectivity index (χ0) is 15.2. The van der Waals surface area contributed by atoms with Gasteiger partial charge in [0.1, 0.15) is 5.82 Å². The first-order valence-corrected chi connectivity index (χ1v) is 6.76. The summed E-state index contributed by atoms with van der Waals surface area (Å²) < 4.78 is 18.3. The molecule has 2 aromatic rings. The Labute approximate surface area is 126 Å². The van der Waals surface area contributed by atoms with E-state index in [9.17, 15) is 4.39 Å². The van der Waals surface area contributed by atoms with Crippen LogP contribution in [0.25, 0.3) is 0 Å². The predicted molar refractivity (Wildman–Crippen MR) is 79.9 cm³/mol. The number of nitrogens with one attached hydrogen (secondary N) is 2. The minimum atomic E-state index is -0.410. The van der Waals surface area contributed by atoms with Crippen molar-refractivity contribution in [3.63, 3.8) is 0 Å². The monoisotopic (exact) mass is 311 g/mol. The van der Waals surface area contributed by atoms with Crippen LogP contribution in [0.5, 0.6) is 6.01 Å². The van der Waals surface area contributed by atoms with E-state index in [1.807, 2.05) is 6.92 Å². The largest absolute Gasteiger partial charge is 0.467 e. The van der Waals surface area contributed by atoms with E-state index in [1.165, 1.54) is 25.3 Å². The van der Waals surface area contributed by atoms with Gasteiger partial charge in [-0.2, -0.15) is 15.0 Å². The number of benzene rings is 1. The first kappa shape index (κ1) is 15.2. The lowest BCUT2D eigenvalue weighted by molar-refractivity contribution is 0.379. The smallest absolute Gasteiger partial charge is 0.322 e. The molecule has 0 bridgehead atoms. The Kier molecular flexibility index (Phi) is 5.10. The second-order valence-electron chi connectivity index (χ2n) is 4.15. The van der Waals surface area contributed by atoms with Crippen molar-refractivity contribution in [1.82, 2.24) is 15.0 Å². The fourth-order valence-corrected chi connectivity index (χ4v) is 1.70. The second-order valence-corrected chi connectivity index (χ2v) is 4.55. The van der Waals surface area contributed by atoms with Crippen LogP contribution in [-0.4, -0.2) is 28.6 Å². The minimum Gasteiger partial charge on any atom is -0.467 e. The van der Waals surface area contributed by atoms with Gasteiger partial charge in [-0.1, -0.05) is 18.5 Å². The van der Waals surface area contributed by atoms with Gasteiger partial charge in [0.2, 0.25) is 11.9 Å². The Balaban J connectivity index is 2.27. The summed E-state index contributed by atoms with van der Waals surface area (Å²) in [4.78, 5) is 12.3. The third-order valence-corrected chi connectivity index (χ3v) is 2.84. The Morgan fingerprint density at radius 3 is 2.71 bits per heavy atom. The van der Waals surface area contributed by atoms with Gasteiger partial charge in [0.15, 0.2) is 0 Å². The third-order valence-electron chi connectivity index (χ3n) is 2.51. The molecule has 0 unspecified atom stereocenters. The maximum Gasteiger partial charge on any atom is 0.322 e. The number of anilines is 3. The number of methoxy groups -OCH3 is 1. The van der Waals surface area contributed by atoms with Gasteiger partial charge in [0, 0.05) is 6.54 Å². The average molecular weight is 312 g/mol. The lowest BCUT2D eigenvalue weighted by atomic mass is 10.3. The molecule has 2 N–H and O–H groups in total. The van der Waals surface area contributed by atoms with Gasteiger partial charge in [-0.3, -0.25) is 0 Å². The fraction of sp³-hybridized carbons (Fsp3) is 0.308. The number of hydrogen-bond donors (Lipinski definition) is 2. The van der Waals surface area contributed by atoms with Crippen LogP contribution in [0.15, 0.2) is 18.2 Å². The molecule has 0 saturated heterocycles. The summed E-state index contributed by atoms with van der Waals surface area (Å²) in [6.45, 7) is 2.74. The molecule has 6 nitrogen and oxygen atoms in total. The summed E-state index contributed by atoms with van der Waals surface area (Å²) in [5.41, 5.74) is 0.367. The SMILES string of the molecule is CCCNc1nc(Nc2cc(F)ccc2Cl)nc(OC)n1. The van der Waals surface area contributed by atoms with Crippen molar-refractivity contribution in [2.45, 2.75) is 13.3 Å². The highest BCUT2D eigenvalue weighted by Gasteiger charge is 2.09. The van der Waals surface area contributed by atoms with Crippen LogP contribution in [0.4, 0.5) is 22.0 Å². The normalized spacial score (nSPS) is 10.3. The molecule has 0 aliphatic rings. The van der Waals surface area contributed by atoms with Crippen LogP contribution in [0.3, 0.4) is 0 Å². The molecule has 0 fully saturated rings. The molecule has 0 radical (unpaired) electrons. The molecule has 8 heteroatoms. The predicted octanol–water partition coefficient (Wildman–Crippen LogP) is 3.24. The molecule has 1 aromatic carbocycles. The van der Waals surface area contributed by atoms with E-state index >= 15 is 0 Å². The first-order chi connectivity index (χ1) is 10.1. The van der Waals surface area contributed by atoms with Gasteiger partial charge in [-0.25, -0.2) is 4.39 Å². The molecule has 0 spiro atoms. The van der Waals surface area contributed by atoms with Crippen LogP contribution >= 0.6 is 11.6 Å². The molecule has 0 amide bonds. The van der Waals surface area contributed by atoms with Crippen molar-refractivity contribution >= 4 is 29.2 Å². The highest BCUT2D eigenvalue weighted by Crippen LogP contribution is 2.25. The zero-order valence-electron chi connectivity index (χ0n) is 11.7. The van der Waals surface area contributed by atoms with E-state index in [-0.39, 0.29) is 12.0 Å². The summed E-state index contributed by atoms with van der Waals surface area (Å²) in [5, 5.41) is 6.24. The quantitative estimate of drug-likeness (QED) is 0.853. The number of hydrogen-bond acceptors (Lipinski definition) is 6. The van der Waals surface area contributed by atoms with Gasteiger partial charge < -0.3 is 15.4 Å². The van der Waals surface area contributed by atoms with Crippen LogP contribution in [0.1, 0.15) is 13.3 Å². The van der Waals surface area contributed by atoms with Crippen LogP contribution in [-0.2, 0) is 0 Å². The van der Waals surface area contributed by atoms with E-state index in [4.69, 9.17) is 16.3 Å². The van der Waals surface area contributed by atoms with Crippen molar-refractivity contribution in [3.05, 3.63) is 29.0 Å². The van der Waals surface area contributed by atoms with E-state index < -0.39 is 5.82 Å². The third kappa shape index (κ3) is 4.16. The van der Waals surface area contributed by atoms with E-state index in [0.29, 0.717) is 23.2 Å². The summed E-state index contributed by atoms with van der Waals surface area (Å²) in [7, 11) is 1.46. The molecule has 0 aliphatic heterocycles. The lowest BCUT2D eigenvalue weighted by Gasteiger charge is -2.10. The topological polar surface area (TPSA) is 72.0 Å². The molecule has 1 heterocycles. The summed E-state index contributed by atoms with van der Waals surface area (Å²) in [6, 6.07) is 4.14. The Hall–Kier alpha value is -2.15. The van der Waals surface area contributed by atoms with Crippen molar-refractivity contribution in [3.8, 4) is 6.01 Å². The Morgan fingerprint density at radius 1 is 1.24 bits per heavy atom. The number of halogens is 2. The van der Waals surface area contributed by atoms with Crippen molar-refractivity contribution < 1.29 is 9.13 Å². The van der Waals surface area contributed by atoms with Gasteiger partial charge in [0.25, 0.3) is 0 Å². The maximum atomic E-state index is 13.3. The Bertz CT molecular complexity index is 626. The van der Waals surface area contributed by atoms with E-state index in [0.717, 1.165) is 6.42 Å². The molecule has 0 saturated carbocycles. The first-order valence-electron chi connectivity index (χ1n) is 6.38. The Morgan fingerprint density at radius 2 is 2.00 bits per heavy atom. The molecular weight excluding hydrogens is 297 g/mol. The molecule has 0 atom stereocenters. The number of aromatic nitrogens is 3. The summed E-state index contributed by atoms with van der Waals surface area (Å²) in [5.74, 6) is 0.180. The second kappa shape index (κ2) is 7.03. The number of rotatable bonds is 6. The average Bonchev–Trinajstić information content (AvgIpc) is 2.48. The van der Waals surface area contributed by atoms with Gasteiger partial charge >= 0.3 is 6.01 Å². The summed E-state index contributed by atoms with van der Waals surface area (Å²) >= 11 is 6.00. The lowest BCUT2D eigenvalue weighted by Crippen LogP contribution is -2.09. The van der Waals surface area contributed by atoms with E-state index in [2.05, 4.69) is 25.6 Å².